The van der Waals surface area contributed by atoms with Crippen LogP contribution in [0.1, 0.15) is 41.0 Å². The average molecular weight is 228 g/mol. The van der Waals surface area contributed by atoms with Gasteiger partial charge in [0.15, 0.2) is 0 Å². The van der Waals surface area contributed by atoms with Gasteiger partial charge in [0, 0.05) is 24.0 Å². The predicted octanol–water partition coefficient (Wildman–Crippen LogP) is 1.76. The second-order valence-corrected chi connectivity index (χ2v) is 6.96. The van der Waals surface area contributed by atoms with Crippen LogP contribution in [0, 0.1) is 11.3 Å². The Kier molecular flexibility index (Phi) is 4.38. The SMILES string of the molecule is CC(C)(C)CC(C)(C)NCC1COCC1N. The quantitative estimate of drug-likeness (QED) is 0.771. The summed E-state index contributed by atoms with van der Waals surface area (Å²) in [5.41, 5.74) is 6.49. The molecule has 1 saturated heterocycles. The van der Waals surface area contributed by atoms with Crippen molar-refractivity contribution in [2.24, 2.45) is 17.1 Å². The van der Waals surface area contributed by atoms with Gasteiger partial charge in [-0.05, 0) is 25.7 Å². The molecule has 0 aromatic carbocycles. The van der Waals surface area contributed by atoms with Crippen LogP contribution in [0.15, 0.2) is 0 Å². The van der Waals surface area contributed by atoms with E-state index >= 15 is 0 Å². The number of rotatable bonds is 4. The molecule has 96 valence electrons. The molecule has 0 radical (unpaired) electrons. The van der Waals surface area contributed by atoms with Gasteiger partial charge in [-0.25, -0.2) is 0 Å². The van der Waals surface area contributed by atoms with Gasteiger partial charge in [0.1, 0.15) is 0 Å². The molecule has 0 aromatic heterocycles. The summed E-state index contributed by atoms with van der Waals surface area (Å²) in [5.74, 6) is 0.472. The summed E-state index contributed by atoms with van der Waals surface area (Å²) in [7, 11) is 0. The van der Waals surface area contributed by atoms with Gasteiger partial charge < -0.3 is 15.8 Å². The van der Waals surface area contributed by atoms with Gasteiger partial charge in [-0.2, -0.15) is 0 Å². The minimum atomic E-state index is 0.167. The smallest absolute Gasteiger partial charge is 0.0621 e. The topological polar surface area (TPSA) is 47.3 Å². The van der Waals surface area contributed by atoms with Crippen molar-refractivity contribution in [3.8, 4) is 0 Å². The Morgan fingerprint density at radius 1 is 1.19 bits per heavy atom. The van der Waals surface area contributed by atoms with Gasteiger partial charge in [0.05, 0.1) is 13.2 Å². The molecule has 0 bridgehead atoms. The van der Waals surface area contributed by atoms with E-state index in [4.69, 9.17) is 10.5 Å². The van der Waals surface area contributed by atoms with E-state index in [0.29, 0.717) is 17.9 Å². The largest absolute Gasteiger partial charge is 0.379 e. The molecule has 3 nitrogen and oxygen atoms in total. The second kappa shape index (κ2) is 5.03. The summed E-state index contributed by atoms with van der Waals surface area (Å²) < 4.78 is 5.37. The zero-order chi connectivity index (χ0) is 12.4. The molecule has 2 unspecified atom stereocenters. The molecule has 1 rings (SSSR count). The maximum atomic E-state index is 5.97. The molecule has 3 N–H and O–H groups in total. The Bertz CT molecular complexity index is 220. The molecule has 2 atom stereocenters. The first-order valence-electron chi connectivity index (χ1n) is 6.28. The zero-order valence-electron chi connectivity index (χ0n) is 11.5. The van der Waals surface area contributed by atoms with Crippen molar-refractivity contribution in [1.29, 1.82) is 0 Å². The van der Waals surface area contributed by atoms with Gasteiger partial charge in [-0.1, -0.05) is 20.8 Å². The first-order chi connectivity index (χ1) is 7.20. The average Bonchev–Trinajstić information content (AvgIpc) is 2.43. The van der Waals surface area contributed by atoms with E-state index < -0.39 is 0 Å². The lowest BCUT2D eigenvalue weighted by molar-refractivity contribution is 0.178. The lowest BCUT2D eigenvalue weighted by atomic mass is 9.81. The third kappa shape index (κ3) is 4.81. The van der Waals surface area contributed by atoms with Gasteiger partial charge in [-0.3, -0.25) is 0 Å². The van der Waals surface area contributed by atoms with Crippen molar-refractivity contribution in [1.82, 2.24) is 5.32 Å². The predicted molar refractivity (Wildman–Crippen MR) is 68.4 cm³/mol. The number of nitrogens with two attached hydrogens (primary N) is 1. The molecule has 1 aliphatic rings. The van der Waals surface area contributed by atoms with E-state index in [1.807, 2.05) is 0 Å². The lowest BCUT2D eigenvalue weighted by Gasteiger charge is -2.34. The summed E-state index contributed by atoms with van der Waals surface area (Å²) in [4.78, 5) is 0. The van der Waals surface area contributed by atoms with Crippen LogP contribution >= 0.6 is 0 Å². The van der Waals surface area contributed by atoms with Crippen LogP contribution < -0.4 is 11.1 Å². The molecular formula is C13H28N2O. The van der Waals surface area contributed by atoms with Crippen molar-refractivity contribution in [2.45, 2.75) is 52.6 Å². The highest BCUT2D eigenvalue weighted by Gasteiger charge is 2.29. The van der Waals surface area contributed by atoms with E-state index in [9.17, 15) is 0 Å². The van der Waals surface area contributed by atoms with Crippen LogP contribution in [-0.4, -0.2) is 31.3 Å². The van der Waals surface area contributed by atoms with Crippen molar-refractivity contribution in [2.75, 3.05) is 19.8 Å². The fraction of sp³-hybridized carbons (Fsp3) is 1.00. The molecule has 0 amide bonds. The van der Waals surface area contributed by atoms with E-state index in [1.54, 1.807) is 0 Å². The molecule has 0 aromatic rings. The van der Waals surface area contributed by atoms with E-state index in [-0.39, 0.29) is 11.6 Å². The summed E-state index contributed by atoms with van der Waals surface area (Å²) in [6.07, 6.45) is 1.16. The van der Waals surface area contributed by atoms with Crippen molar-refractivity contribution in [3.05, 3.63) is 0 Å². The molecule has 1 aliphatic heterocycles. The van der Waals surface area contributed by atoms with Gasteiger partial charge >= 0.3 is 0 Å². The third-order valence-electron chi connectivity index (χ3n) is 3.06. The highest BCUT2D eigenvalue weighted by atomic mass is 16.5. The molecule has 3 heteroatoms. The molecule has 0 aliphatic carbocycles. The Balaban J connectivity index is 2.35. The van der Waals surface area contributed by atoms with Gasteiger partial charge in [0.2, 0.25) is 0 Å². The fourth-order valence-electron chi connectivity index (χ4n) is 2.62. The molecular weight excluding hydrogens is 200 g/mol. The van der Waals surface area contributed by atoms with E-state index in [0.717, 1.165) is 19.6 Å². The van der Waals surface area contributed by atoms with Crippen molar-refractivity contribution < 1.29 is 4.74 Å². The van der Waals surface area contributed by atoms with Crippen LogP contribution in [0.4, 0.5) is 0 Å². The summed E-state index contributed by atoms with van der Waals surface area (Å²) in [6, 6.07) is 0.206. The first-order valence-corrected chi connectivity index (χ1v) is 6.28. The van der Waals surface area contributed by atoms with Gasteiger partial charge in [-0.15, -0.1) is 0 Å². The highest BCUT2D eigenvalue weighted by Crippen LogP contribution is 2.27. The van der Waals surface area contributed by atoms with E-state index in [2.05, 4.69) is 39.9 Å². The third-order valence-corrected chi connectivity index (χ3v) is 3.06. The fourth-order valence-corrected chi connectivity index (χ4v) is 2.62. The summed E-state index contributed by atoms with van der Waals surface area (Å²) >= 11 is 0. The monoisotopic (exact) mass is 228 g/mol. The van der Waals surface area contributed by atoms with Crippen molar-refractivity contribution in [3.63, 3.8) is 0 Å². The molecule has 0 spiro atoms. The Hall–Kier alpha value is -0.120. The Morgan fingerprint density at radius 3 is 2.25 bits per heavy atom. The number of ether oxygens (including phenoxy) is 1. The van der Waals surface area contributed by atoms with Crippen LogP contribution in [0.25, 0.3) is 0 Å². The Morgan fingerprint density at radius 2 is 1.81 bits per heavy atom. The molecule has 1 heterocycles. The number of hydrogen-bond donors (Lipinski definition) is 2. The molecule has 0 saturated carbocycles. The summed E-state index contributed by atoms with van der Waals surface area (Å²) in [5, 5.41) is 3.63. The van der Waals surface area contributed by atoms with Crippen LogP contribution in [-0.2, 0) is 4.74 Å². The van der Waals surface area contributed by atoms with Crippen LogP contribution in [0.2, 0.25) is 0 Å². The Labute approximate surface area is 100 Å². The van der Waals surface area contributed by atoms with Crippen molar-refractivity contribution >= 4 is 0 Å². The number of hydrogen-bond acceptors (Lipinski definition) is 3. The minimum absolute atomic E-state index is 0.167. The van der Waals surface area contributed by atoms with Crippen LogP contribution in [0.3, 0.4) is 0 Å². The first kappa shape index (κ1) is 13.9. The van der Waals surface area contributed by atoms with Gasteiger partial charge in [0.25, 0.3) is 0 Å². The maximum absolute atomic E-state index is 5.97. The number of nitrogens with one attached hydrogen (secondary N) is 1. The highest BCUT2D eigenvalue weighted by molar-refractivity contribution is 4.87. The standard InChI is InChI=1S/C13H28N2O/c1-12(2,3)9-13(4,5)15-6-10-7-16-8-11(10)14/h10-11,15H,6-9,14H2,1-5H3. The maximum Gasteiger partial charge on any atom is 0.0621 e. The zero-order valence-corrected chi connectivity index (χ0v) is 11.5. The van der Waals surface area contributed by atoms with Crippen LogP contribution in [0.5, 0.6) is 0 Å². The lowest BCUT2D eigenvalue weighted by Crippen LogP contribution is -2.47. The summed E-state index contributed by atoms with van der Waals surface area (Å²) in [6.45, 7) is 13.8. The second-order valence-electron chi connectivity index (χ2n) is 6.96. The van der Waals surface area contributed by atoms with E-state index in [1.165, 1.54) is 0 Å². The minimum Gasteiger partial charge on any atom is -0.379 e. The normalized spacial score (nSPS) is 27.4. The molecule has 1 fully saturated rings. The molecule has 16 heavy (non-hydrogen) atoms.